The van der Waals surface area contributed by atoms with Crippen molar-refractivity contribution in [3.05, 3.63) is 28.2 Å². The molecule has 0 heterocycles. The number of rotatable bonds is 2. The Morgan fingerprint density at radius 1 is 1.58 bits per heavy atom. The number of phenolic OH excluding ortho intramolecular Hbond substituents is 1. The van der Waals surface area contributed by atoms with E-state index in [2.05, 4.69) is 15.9 Å². The molecule has 2 nitrogen and oxygen atoms in total. The Balaban J connectivity index is 3.04. The molecule has 1 unspecified atom stereocenters. The minimum absolute atomic E-state index is 0.0456. The first-order chi connectivity index (χ1) is 5.65. The standard InChI is InChI=1S/C8H9BrFNO/c9-7-2-1-5(12)3-6(7)8(10)4-11/h1-3,8,12H,4,11H2. The molecule has 0 bridgehead atoms. The Labute approximate surface area is 78.3 Å². The Hall–Kier alpha value is -0.610. The topological polar surface area (TPSA) is 46.2 Å². The second kappa shape index (κ2) is 3.87. The molecule has 0 radical (unpaired) electrons. The summed E-state index contributed by atoms with van der Waals surface area (Å²) in [6, 6.07) is 4.44. The highest BCUT2D eigenvalue weighted by atomic mass is 79.9. The molecular formula is C8H9BrFNO. The van der Waals surface area contributed by atoms with Crippen LogP contribution in [0.3, 0.4) is 0 Å². The molecule has 3 N–H and O–H groups in total. The van der Waals surface area contributed by atoms with Gasteiger partial charge in [0, 0.05) is 16.6 Å². The molecule has 1 rings (SSSR count). The summed E-state index contributed by atoms with van der Waals surface area (Å²) in [5.74, 6) is 0.0456. The number of phenols is 1. The van der Waals surface area contributed by atoms with Gasteiger partial charge in [0.05, 0.1) is 0 Å². The van der Waals surface area contributed by atoms with Gasteiger partial charge in [-0.25, -0.2) is 4.39 Å². The van der Waals surface area contributed by atoms with Gasteiger partial charge in [-0.2, -0.15) is 0 Å². The molecule has 0 saturated carbocycles. The van der Waals surface area contributed by atoms with Gasteiger partial charge in [0.15, 0.2) is 0 Å². The van der Waals surface area contributed by atoms with E-state index in [0.29, 0.717) is 10.0 Å². The molecule has 0 aliphatic carbocycles. The maximum atomic E-state index is 13.0. The minimum atomic E-state index is -1.23. The second-order valence-corrected chi connectivity index (χ2v) is 3.26. The number of hydrogen-bond acceptors (Lipinski definition) is 2. The predicted molar refractivity (Wildman–Crippen MR) is 48.7 cm³/mol. The van der Waals surface area contributed by atoms with Gasteiger partial charge in [0.25, 0.3) is 0 Å². The molecule has 1 atom stereocenters. The fraction of sp³-hybridized carbons (Fsp3) is 0.250. The normalized spacial score (nSPS) is 12.9. The zero-order valence-electron chi connectivity index (χ0n) is 6.30. The van der Waals surface area contributed by atoms with Crippen LogP contribution in [0.25, 0.3) is 0 Å². The largest absolute Gasteiger partial charge is 0.508 e. The van der Waals surface area contributed by atoms with Crippen molar-refractivity contribution in [3.63, 3.8) is 0 Å². The third-order valence-electron chi connectivity index (χ3n) is 1.52. The zero-order valence-corrected chi connectivity index (χ0v) is 7.88. The fourth-order valence-electron chi connectivity index (χ4n) is 0.898. The van der Waals surface area contributed by atoms with E-state index in [9.17, 15) is 4.39 Å². The van der Waals surface area contributed by atoms with E-state index in [1.165, 1.54) is 12.1 Å². The van der Waals surface area contributed by atoms with Crippen LogP contribution in [0.5, 0.6) is 5.75 Å². The van der Waals surface area contributed by atoms with Crippen LogP contribution in [0.1, 0.15) is 11.7 Å². The van der Waals surface area contributed by atoms with E-state index in [1.807, 2.05) is 0 Å². The molecule has 4 heteroatoms. The van der Waals surface area contributed by atoms with E-state index in [1.54, 1.807) is 6.07 Å². The first kappa shape index (κ1) is 9.48. The highest BCUT2D eigenvalue weighted by Gasteiger charge is 2.11. The lowest BCUT2D eigenvalue weighted by molar-refractivity contribution is 0.350. The van der Waals surface area contributed by atoms with Gasteiger partial charge in [-0.05, 0) is 18.2 Å². The predicted octanol–water partition coefficient (Wildman–Crippen LogP) is 2.12. The fourth-order valence-corrected chi connectivity index (χ4v) is 1.39. The second-order valence-electron chi connectivity index (χ2n) is 2.41. The summed E-state index contributed by atoms with van der Waals surface area (Å²) in [6.07, 6.45) is -1.23. The Morgan fingerprint density at radius 2 is 2.25 bits per heavy atom. The molecule has 0 aliphatic rings. The van der Waals surface area contributed by atoms with Gasteiger partial charge in [-0.15, -0.1) is 0 Å². The lowest BCUT2D eigenvalue weighted by Gasteiger charge is -2.07. The van der Waals surface area contributed by atoms with Crippen molar-refractivity contribution >= 4 is 15.9 Å². The average Bonchev–Trinajstić information content (AvgIpc) is 2.08. The SMILES string of the molecule is NCC(F)c1cc(O)ccc1Br. The Morgan fingerprint density at radius 3 is 2.83 bits per heavy atom. The molecule has 0 saturated heterocycles. The van der Waals surface area contributed by atoms with Crippen molar-refractivity contribution in [2.75, 3.05) is 6.54 Å². The van der Waals surface area contributed by atoms with E-state index in [-0.39, 0.29) is 12.3 Å². The summed E-state index contributed by atoms with van der Waals surface area (Å²) in [4.78, 5) is 0. The summed E-state index contributed by atoms with van der Waals surface area (Å²) in [6.45, 7) is -0.0813. The molecule has 0 amide bonds. The van der Waals surface area contributed by atoms with Gasteiger partial charge in [-0.1, -0.05) is 15.9 Å². The van der Waals surface area contributed by atoms with Crippen LogP contribution in [-0.4, -0.2) is 11.7 Å². The van der Waals surface area contributed by atoms with Gasteiger partial charge >= 0.3 is 0 Å². The molecule has 12 heavy (non-hydrogen) atoms. The van der Waals surface area contributed by atoms with E-state index < -0.39 is 6.17 Å². The van der Waals surface area contributed by atoms with Crippen LogP contribution in [-0.2, 0) is 0 Å². The van der Waals surface area contributed by atoms with E-state index >= 15 is 0 Å². The zero-order chi connectivity index (χ0) is 9.14. The van der Waals surface area contributed by atoms with Crippen molar-refractivity contribution in [1.82, 2.24) is 0 Å². The number of aromatic hydroxyl groups is 1. The molecule has 0 spiro atoms. The van der Waals surface area contributed by atoms with Crippen LogP contribution in [0.2, 0.25) is 0 Å². The molecule has 0 aromatic heterocycles. The molecule has 0 aliphatic heterocycles. The Kier molecular flexibility index (Phi) is 3.05. The lowest BCUT2D eigenvalue weighted by atomic mass is 10.1. The summed E-state index contributed by atoms with van der Waals surface area (Å²) in [5.41, 5.74) is 5.53. The van der Waals surface area contributed by atoms with Crippen molar-refractivity contribution < 1.29 is 9.50 Å². The lowest BCUT2D eigenvalue weighted by Crippen LogP contribution is -2.07. The number of benzene rings is 1. The number of nitrogens with two attached hydrogens (primary N) is 1. The summed E-state index contributed by atoms with van der Waals surface area (Å²) in [5, 5.41) is 9.05. The Bertz CT molecular complexity index is 280. The monoisotopic (exact) mass is 233 g/mol. The summed E-state index contributed by atoms with van der Waals surface area (Å²) in [7, 11) is 0. The van der Waals surface area contributed by atoms with Crippen molar-refractivity contribution in [2.45, 2.75) is 6.17 Å². The first-order valence-corrected chi connectivity index (χ1v) is 4.27. The van der Waals surface area contributed by atoms with Gasteiger partial charge in [0.2, 0.25) is 0 Å². The van der Waals surface area contributed by atoms with E-state index in [0.717, 1.165) is 0 Å². The maximum Gasteiger partial charge on any atom is 0.138 e. The van der Waals surface area contributed by atoms with Gasteiger partial charge in [-0.3, -0.25) is 0 Å². The van der Waals surface area contributed by atoms with E-state index in [4.69, 9.17) is 10.8 Å². The summed E-state index contributed by atoms with van der Waals surface area (Å²) < 4.78 is 13.7. The van der Waals surface area contributed by atoms with Crippen LogP contribution in [0.4, 0.5) is 4.39 Å². The highest BCUT2D eigenvalue weighted by molar-refractivity contribution is 9.10. The number of halogens is 2. The molecule has 1 aromatic carbocycles. The minimum Gasteiger partial charge on any atom is -0.508 e. The smallest absolute Gasteiger partial charge is 0.138 e. The molecule has 1 aromatic rings. The summed E-state index contributed by atoms with van der Waals surface area (Å²) >= 11 is 3.17. The molecule has 66 valence electrons. The van der Waals surface area contributed by atoms with Gasteiger partial charge in [0.1, 0.15) is 11.9 Å². The van der Waals surface area contributed by atoms with Crippen molar-refractivity contribution in [1.29, 1.82) is 0 Å². The third-order valence-corrected chi connectivity index (χ3v) is 2.25. The highest BCUT2D eigenvalue weighted by Crippen LogP contribution is 2.28. The molecular weight excluding hydrogens is 225 g/mol. The molecule has 0 fully saturated rings. The third kappa shape index (κ3) is 1.95. The van der Waals surface area contributed by atoms with Crippen LogP contribution >= 0.6 is 15.9 Å². The quantitative estimate of drug-likeness (QED) is 0.823. The van der Waals surface area contributed by atoms with Crippen LogP contribution in [0.15, 0.2) is 22.7 Å². The van der Waals surface area contributed by atoms with Gasteiger partial charge < -0.3 is 10.8 Å². The number of alkyl halides is 1. The van der Waals surface area contributed by atoms with Crippen molar-refractivity contribution in [3.8, 4) is 5.75 Å². The van der Waals surface area contributed by atoms with Crippen LogP contribution < -0.4 is 5.73 Å². The van der Waals surface area contributed by atoms with Crippen molar-refractivity contribution in [2.24, 2.45) is 5.73 Å². The first-order valence-electron chi connectivity index (χ1n) is 3.47. The average molecular weight is 234 g/mol. The number of hydrogen-bond donors (Lipinski definition) is 2. The van der Waals surface area contributed by atoms with Crippen LogP contribution in [0, 0.1) is 0 Å². The maximum absolute atomic E-state index is 13.0.